The Kier molecular flexibility index (Phi) is 3.83. The molecule has 0 fully saturated rings. The Labute approximate surface area is 98.7 Å². The predicted molar refractivity (Wildman–Crippen MR) is 68.9 cm³/mol. The van der Waals surface area contributed by atoms with Crippen molar-refractivity contribution in [1.82, 2.24) is 0 Å². The second kappa shape index (κ2) is 4.57. The van der Waals surface area contributed by atoms with E-state index in [1.165, 1.54) is 11.1 Å². The van der Waals surface area contributed by atoms with Gasteiger partial charge in [0, 0.05) is 5.02 Å². The van der Waals surface area contributed by atoms with Gasteiger partial charge in [0.05, 0.1) is 0 Å². The monoisotopic (exact) mass is 224 g/mol. The van der Waals surface area contributed by atoms with E-state index in [1.54, 1.807) is 0 Å². The summed E-state index contributed by atoms with van der Waals surface area (Å²) in [4.78, 5) is 0. The van der Waals surface area contributed by atoms with Gasteiger partial charge in [-0.3, -0.25) is 0 Å². The molecule has 1 heteroatoms. The first-order chi connectivity index (χ1) is 6.86. The van der Waals surface area contributed by atoms with Crippen LogP contribution < -0.4 is 0 Å². The second-order valence-corrected chi connectivity index (χ2v) is 5.73. The first-order valence-corrected chi connectivity index (χ1v) is 6.04. The molecule has 0 nitrogen and oxygen atoms in total. The zero-order valence-corrected chi connectivity index (χ0v) is 11.2. The van der Waals surface area contributed by atoms with Gasteiger partial charge >= 0.3 is 0 Å². The minimum Gasteiger partial charge on any atom is -0.0843 e. The maximum absolute atomic E-state index is 6.07. The molecule has 0 N–H and O–H groups in total. The molecule has 1 aromatic rings. The summed E-state index contributed by atoms with van der Waals surface area (Å²) >= 11 is 6.07. The second-order valence-electron chi connectivity index (χ2n) is 5.29. The van der Waals surface area contributed by atoms with Gasteiger partial charge in [0.1, 0.15) is 0 Å². The van der Waals surface area contributed by atoms with Crippen LogP contribution >= 0.6 is 11.6 Å². The van der Waals surface area contributed by atoms with Gasteiger partial charge < -0.3 is 0 Å². The highest BCUT2D eigenvalue weighted by Crippen LogP contribution is 2.33. The van der Waals surface area contributed by atoms with Crippen molar-refractivity contribution in [2.24, 2.45) is 0 Å². The van der Waals surface area contributed by atoms with Gasteiger partial charge in [-0.05, 0) is 41.0 Å². The SMILES string of the molecule is CCC(C)c1cc(Cl)ccc1C(C)(C)C. The zero-order chi connectivity index (χ0) is 11.6. The lowest BCUT2D eigenvalue weighted by atomic mass is 9.80. The molecule has 0 aromatic heterocycles. The molecule has 0 saturated heterocycles. The van der Waals surface area contributed by atoms with Crippen LogP contribution in [0, 0.1) is 0 Å². The molecule has 0 aliphatic heterocycles. The van der Waals surface area contributed by atoms with Crippen molar-refractivity contribution in [3.05, 3.63) is 34.3 Å². The third kappa shape index (κ3) is 2.98. The molecule has 15 heavy (non-hydrogen) atoms. The van der Waals surface area contributed by atoms with Crippen LogP contribution in [0.1, 0.15) is 58.1 Å². The van der Waals surface area contributed by atoms with Crippen LogP contribution in [0.25, 0.3) is 0 Å². The summed E-state index contributed by atoms with van der Waals surface area (Å²) in [6.45, 7) is 11.2. The van der Waals surface area contributed by atoms with Crippen LogP contribution in [0.2, 0.25) is 5.02 Å². The summed E-state index contributed by atoms with van der Waals surface area (Å²) in [5.74, 6) is 0.581. The Bertz CT molecular complexity index is 334. The summed E-state index contributed by atoms with van der Waals surface area (Å²) in [6, 6.07) is 6.29. The fourth-order valence-electron chi connectivity index (χ4n) is 1.84. The number of benzene rings is 1. The molecular weight excluding hydrogens is 204 g/mol. The van der Waals surface area contributed by atoms with Gasteiger partial charge in [-0.25, -0.2) is 0 Å². The van der Waals surface area contributed by atoms with Crippen molar-refractivity contribution in [3.63, 3.8) is 0 Å². The Morgan fingerprint density at radius 2 is 1.87 bits per heavy atom. The molecule has 1 unspecified atom stereocenters. The highest BCUT2D eigenvalue weighted by atomic mass is 35.5. The van der Waals surface area contributed by atoms with Gasteiger partial charge in [-0.2, -0.15) is 0 Å². The van der Waals surface area contributed by atoms with Gasteiger partial charge in [-0.15, -0.1) is 0 Å². The van der Waals surface area contributed by atoms with E-state index in [1.807, 2.05) is 6.07 Å². The summed E-state index contributed by atoms with van der Waals surface area (Å²) in [5.41, 5.74) is 3.02. The molecule has 0 saturated carbocycles. The molecule has 0 aliphatic rings. The van der Waals surface area contributed by atoms with Gasteiger partial charge in [0.25, 0.3) is 0 Å². The summed E-state index contributed by atoms with van der Waals surface area (Å²) in [7, 11) is 0. The smallest absolute Gasteiger partial charge is 0.0409 e. The van der Waals surface area contributed by atoms with Crippen LogP contribution in [0.15, 0.2) is 18.2 Å². The number of hydrogen-bond acceptors (Lipinski definition) is 0. The molecular formula is C14H21Cl. The highest BCUT2D eigenvalue weighted by molar-refractivity contribution is 6.30. The zero-order valence-electron chi connectivity index (χ0n) is 10.4. The first-order valence-electron chi connectivity index (χ1n) is 5.66. The van der Waals surface area contributed by atoms with E-state index in [0.717, 1.165) is 11.4 Å². The molecule has 1 atom stereocenters. The summed E-state index contributed by atoms with van der Waals surface area (Å²) in [5, 5.41) is 0.846. The van der Waals surface area contributed by atoms with Crippen molar-refractivity contribution in [1.29, 1.82) is 0 Å². The van der Waals surface area contributed by atoms with E-state index in [0.29, 0.717) is 5.92 Å². The summed E-state index contributed by atoms with van der Waals surface area (Å²) in [6.07, 6.45) is 1.16. The van der Waals surface area contributed by atoms with Crippen LogP contribution in [0.5, 0.6) is 0 Å². The maximum Gasteiger partial charge on any atom is 0.0409 e. The standard InChI is InChI=1S/C14H21Cl/c1-6-10(2)12-9-11(15)7-8-13(12)14(3,4)5/h7-10H,6H2,1-5H3. The van der Waals surface area contributed by atoms with Crippen LogP contribution in [-0.4, -0.2) is 0 Å². The van der Waals surface area contributed by atoms with Crippen molar-refractivity contribution in [2.75, 3.05) is 0 Å². The molecule has 0 radical (unpaired) electrons. The van der Waals surface area contributed by atoms with Crippen molar-refractivity contribution < 1.29 is 0 Å². The van der Waals surface area contributed by atoms with Crippen molar-refractivity contribution >= 4 is 11.6 Å². The molecule has 0 spiro atoms. The lowest BCUT2D eigenvalue weighted by Crippen LogP contribution is -2.15. The lowest BCUT2D eigenvalue weighted by molar-refractivity contribution is 0.570. The average molecular weight is 225 g/mol. The third-order valence-corrected chi connectivity index (χ3v) is 3.20. The van der Waals surface area contributed by atoms with E-state index in [-0.39, 0.29) is 5.41 Å². The van der Waals surface area contributed by atoms with Crippen molar-refractivity contribution in [3.8, 4) is 0 Å². The highest BCUT2D eigenvalue weighted by Gasteiger charge is 2.20. The maximum atomic E-state index is 6.07. The van der Waals surface area contributed by atoms with E-state index in [9.17, 15) is 0 Å². The Morgan fingerprint density at radius 1 is 1.27 bits per heavy atom. The molecule has 1 rings (SSSR count). The number of halogens is 1. The largest absolute Gasteiger partial charge is 0.0843 e. The molecule has 84 valence electrons. The van der Waals surface area contributed by atoms with Crippen LogP contribution in [0.3, 0.4) is 0 Å². The van der Waals surface area contributed by atoms with Gasteiger partial charge in [0.15, 0.2) is 0 Å². The first kappa shape index (κ1) is 12.6. The molecule has 0 amide bonds. The Morgan fingerprint density at radius 3 is 2.33 bits per heavy atom. The molecule has 0 heterocycles. The third-order valence-electron chi connectivity index (χ3n) is 2.96. The van der Waals surface area contributed by atoms with E-state index in [2.05, 4.69) is 46.8 Å². The topological polar surface area (TPSA) is 0 Å². The van der Waals surface area contributed by atoms with E-state index >= 15 is 0 Å². The lowest BCUT2D eigenvalue weighted by Gasteiger charge is -2.25. The number of rotatable bonds is 2. The van der Waals surface area contributed by atoms with Gasteiger partial charge in [-0.1, -0.05) is 52.3 Å². The minimum absolute atomic E-state index is 0.198. The molecule has 0 bridgehead atoms. The average Bonchev–Trinajstić information content (AvgIpc) is 2.14. The van der Waals surface area contributed by atoms with E-state index < -0.39 is 0 Å². The Hall–Kier alpha value is -0.490. The Balaban J connectivity index is 3.27. The fourth-order valence-corrected chi connectivity index (χ4v) is 2.02. The van der Waals surface area contributed by atoms with Gasteiger partial charge in [0.2, 0.25) is 0 Å². The van der Waals surface area contributed by atoms with E-state index in [4.69, 9.17) is 11.6 Å². The normalized spacial score (nSPS) is 14.0. The number of hydrogen-bond donors (Lipinski definition) is 0. The molecule has 0 aliphatic carbocycles. The fraction of sp³-hybridized carbons (Fsp3) is 0.571. The van der Waals surface area contributed by atoms with Crippen LogP contribution in [-0.2, 0) is 5.41 Å². The molecule has 1 aromatic carbocycles. The predicted octanol–water partition coefficient (Wildman–Crippen LogP) is 5.15. The minimum atomic E-state index is 0.198. The quantitative estimate of drug-likeness (QED) is 0.652. The van der Waals surface area contributed by atoms with Crippen molar-refractivity contribution in [2.45, 2.75) is 52.4 Å². The van der Waals surface area contributed by atoms with Crippen LogP contribution in [0.4, 0.5) is 0 Å². The summed E-state index contributed by atoms with van der Waals surface area (Å²) < 4.78 is 0.